The molecule has 1 nitrogen and oxygen atoms in total. The number of aliphatic hydroxyl groups is 1. The molecule has 0 aromatic carbocycles. The van der Waals surface area contributed by atoms with Crippen molar-refractivity contribution < 1.29 is 5.11 Å². The van der Waals surface area contributed by atoms with Gasteiger partial charge in [0.15, 0.2) is 0 Å². The third kappa shape index (κ3) is 3.68. The Morgan fingerprint density at radius 3 is 1.92 bits per heavy atom. The zero-order valence-electron chi connectivity index (χ0n) is 9.77. The highest BCUT2D eigenvalue weighted by atomic mass is 16.3. The van der Waals surface area contributed by atoms with E-state index < -0.39 is 0 Å². The summed E-state index contributed by atoms with van der Waals surface area (Å²) in [6, 6.07) is 0. The molecule has 0 aliphatic rings. The molecule has 0 saturated carbocycles. The van der Waals surface area contributed by atoms with E-state index in [-0.39, 0.29) is 5.60 Å². The van der Waals surface area contributed by atoms with Crippen molar-refractivity contribution in [2.24, 2.45) is 5.92 Å². The fraction of sp³-hybridized carbons (Fsp3) is 1.00. The minimum Gasteiger partial charge on any atom is -0.390 e. The maximum atomic E-state index is 10.4. The molecule has 0 radical (unpaired) electrons. The molecule has 0 bridgehead atoms. The number of unbranched alkanes of at least 4 members (excludes halogenated alkanes) is 1. The number of rotatable bonds is 7. The molecule has 0 aromatic heterocycles. The molecule has 1 atom stereocenters. The SMILES string of the molecule is CCCCC(O)(CC)C(CC)CC. The van der Waals surface area contributed by atoms with Crippen molar-refractivity contribution in [2.45, 2.75) is 71.8 Å². The molecule has 0 aromatic rings. The Kier molecular flexibility index (Phi) is 6.40. The highest BCUT2D eigenvalue weighted by Crippen LogP contribution is 2.31. The normalized spacial score (nSPS) is 16.2. The summed E-state index contributed by atoms with van der Waals surface area (Å²) < 4.78 is 0. The van der Waals surface area contributed by atoms with Crippen LogP contribution in [0.2, 0.25) is 0 Å². The molecule has 1 heteroatoms. The van der Waals surface area contributed by atoms with Gasteiger partial charge >= 0.3 is 0 Å². The van der Waals surface area contributed by atoms with Gasteiger partial charge in [-0.05, 0) is 18.8 Å². The van der Waals surface area contributed by atoms with Gasteiger partial charge < -0.3 is 5.11 Å². The van der Waals surface area contributed by atoms with E-state index in [2.05, 4.69) is 27.7 Å². The number of hydrogen-bond acceptors (Lipinski definition) is 1. The molecule has 0 rings (SSSR count). The fourth-order valence-electron chi connectivity index (χ4n) is 2.20. The summed E-state index contributed by atoms with van der Waals surface area (Å²) in [5.74, 6) is 0.490. The van der Waals surface area contributed by atoms with E-state index in [4.69, 9.17) is 0 Å². The van der Waals surface area contributed by atoms with Crippen LogP contribution in [0.1, 0.15) is 66.2 Å². The highest BCUT2D eigenvalue weighted by molar-refractivity contribution is 4.83. The lowest BCUT2D eigenvalue weighted by molar-refractivity contribution is -0.0345. The van der Waals surface area contributed by atoms with Gasteiger partial charge in [-0.2, -0.15) is 0 Å². The van der Waals surface area contributed by atoms with Crippen LogP contribution in [0.3, 0.4) is 0 Å². The van der Waals surface area contributed by atoms with Crippen LogP contribution in [-0.4, -0.2) is 10.7 Å². The van der Waals surface area contributed by atoms with Gasteiger partial charge in [-0.25, -0.2) is 0 Å². The molecular formula is C12H26O. The van der Waals surface area contributed by atoms with E-state index >= 15 is 0 Å². The van der Waals surface area contributed by atoms with E-state index in [1.165, 1.54) is 6.42 Å². The summed E-state index contributed by atoms with van der Waals surface area (Å²) in [4.78, 5) is 0. The van der Waals surface area contributed by atoms with Crippen LogP contribution in [0.4, 0.5) is 0 Å². The quantitative estimate of drug-likeness (QED) is 0.642. The van der Waals surface area contributed by atoms with Crippen molar-refractivity contribution in [3.05, 3.63) is 0 Å². The predicted molar refractivity (Wildman–Crippen MR) is 58.8 cm³/mol. The lowest BCUT2D eigenvalue weighted by Gasteiger charge is -2.34. The monoisotopic (exact) mass is 186 g/mol. The van der Waals surface area contributed by atoms with Gasteiger partial charge in [0.05, 0.1) is 5.60 Å². The molecule has 80 valence electrons. The number of hydrogen-bond donors (Lipinski definition) is 1. The molecule has 0 aliphatic carbocycles. The van der Waals surface area contributed by atoms with E-state index in [1.54, 1.807) is 0 Å². The molecule has 0 amide bonds. The molecule has 0 fully saturated rings. The lowest BCUT2D eigenvalue weighted by atomic mass is 9.78. The second kappa shape index (κ2) is 6.42. The Bertz CT molecular complexity index is 118. The van der Waals surface area contributed by atoms with Crippen molar-refractivity contribution in [3.8, 4) is 0 Å². The van der Waals surface area contributed by atoms with Crippen LogP contribution < -0.4 is 0 Å². The van der Waals surface area contributed by atoms with Crippen LogP contribution in [-0.2, 0) is 0 Å². The molecule has 1 unspecified atom stereocenters. The topological polar surface area (TPSA) is 20.2 Å². The van der Waals surface area contributed by atoms with Gasteiger partial charge in [0, 0.05) is 0 Å². The van der Waals surface area contributed by atoms with Crippen molar-refractivity contribution in [1.29, 1.82) is 0 Å². The third-order valence-corrected chi connectivity index (χ3v) is 3.32. The molecule has 1 N–H and O–H groups in total. The van der Waals surface area contributed by atoms with Gasteiger partial charge in [0.25, 0.3) is 0 Å². The first kappa shape index (κ1) is 13.0. The molecule has 0 heterocycles. The van der Waals surface area contributed by atoms with Crippen molar-refractivity contribution in [1.82, 2.24) is 0 Å². The van der Waals surface area contributed by atoms with E-state index in [9.17, 15) is 5.11 Å². The van der Waals surface area contributed by atoms with Crippen LogP contribution in [0.5, 0.6) is 0 Å². The van der Waals surface area contributed by atoms with E-state index in [0.717, 1.165) is 32.1 Å². The third-order valence-electron chi connectivity index (χ3n) is 3.32. The Hall–Kier alpha value is -0.0400. The Morgan fingerprint density at radius 2 is 1.62 bits per heavy atom. The molecule has 0 aliphatic heterocycles. The highest BCUT2D eigenvalue weighted by Gasteiger charge is 2.31. The van der Waals surface area contributed by atoms with Crippen LogP contribution in [0.15, 0.2) is 0 Å². The van der Waals surface area contributed by atoms with Crippen LogP contribution in [0.25, 0.3) is 0 Å². The Morgan fingerprint density at radius 1 is 1.08 bits per heavy atom. The summed E-state index contributed by atoms with van der Waals surface area (Å²) in [6.07, 6.45) is 6.42. The second-order valence-electron chi connectivity index (χ2n) is 4.07. The average Bonchev–Trinajstić information content (AvgIpc) is 2.16. The first-order valence-electron chi connectivity index (χ1n) is 5.86. The summed E-state index contributed by atoms with van der Waals surface area (Å²) in [6.45, 7) is 8.65. The minimum absolute atomic E-state index is 0.389. The van der Waals surface area contributed by atoms with Crippen LogP contribution >= 0.6 is 0 Å². The predicted octanol–water partition coefficient (Wildman–Crippen LogP) is 3.75. The summed E-state index contributed by atoms with van der Waals surface area (Å²) >= 11 is 0. The average molecular weight is 186 g/mol. The zero-order valence-corrected chi connectivity index (χ0v) is 9.77. The maximum absolute atomic E-state index is 10.4. The Labute approximate surface area is 83.5 Å². The first-order valence-corrected chi connectivity index (χ1v) is 5.86. The summed E-state index contributed by atoms with van der Waals surface area (Å²) in [5, 5.41) is 10.4. The minimum atomic E-state index is -0.389. The van der Waals surface area contributed by atoms with Gasteiger partial charge in [0.2, 0.25) is 0 Å². The molecule has 0 saturated heterocycles. The lowest BCUT2D eigenvalue weighted by Crippen LogP contribution is -2.36. The van der Waals surface area contributed by atoms with Crippen molar-refractivity contribution >= 4 is 0 Å². The molecular weight excluding hydrogens is 160 g/mol. The Balaban J connectivity index is 4.21. The van der Waals surface area contributed by atoms with Crippen molar-refractivity contribution in [3.63, 3.8) is 0 Å². The first-order chi connectivity index (χ1) is 6.14. The van der Waals surface area contributed by atoms with Crippen molar-refractivity contribution in [2.75, 3.05) is 0 Å². The summed E-state index contributed by atoms with van der Waals surface area (Å²) in [5.41, 5.74) is -0.389. The molecule has 0 spiro atoms. The van der Waals surface area contributed by atoms with Gasteiger partial charge in [-0.15, -0.1) is 0 Å². The van der Waals surface area contributed by atoms with Gasteiger partial charge in [-0.3, -0.25) is 0 Å². The molecule has 13 heavy (non-hydrogen) atoms. The fourth-order valence-corrected chi connectivity index (χ4v) is 2.20. The second-order valence-corrected chi connectivity index (χ2v) is 4.07. The smallest absolute Gasteiger partial charge is 0.0673 e. The maximum Gasteiger partial charge on any atom is 0.0673 e. The van der Waals surface area contributed by atoms with E-state index in [0.29, 0.717) is 5.92 Å². The summed E-state index contributed by atoms with van der Waals surface area (Å²) in [7, 11) is 0. The standard InChI is InChI=1S/C12H26O/c1-5-9-10-12(13,8-4)11(6-2)7-3/h11,13H,5-10H2,1-4H3. The largest absolute Gasteiger partial charge is 0.390 e. The van der Waals surface area contributed by atoms with Crippen LogP contribution in [0, 0.1) is 5.92 Å². The van der Waals surface area contributed by atoms with Gasteiger partial charge in [0.1, 0.15) is 0 Å². The zero-order chi connectivity index (χ0) is 10.3. The van der Waals surface area contributed by atoms with Gasteiger partial charge in [-0.1, -0.05) is 53.4 Å². The van der Waals surface area contributed by atoms with E-state index in [1.807, 2.05) is 0 Å².